The molecule has 10 heteroatoms. The molecule has 0 aliphatic carbocycles. The molecule has 1 aliphatic heterocycles. The van der Waals surface area contributed by atoms with E-state index in [1.807, 2.05) is 24.3 Å². The molecule has 1 atom stereocenters. The van der Waals surface area contributed by atoms with Crippen LogP contribution in [-0.2, 0) is 9.53 Å². The van der Waals surface area contributed by atoms with Crippen LogP contribution < -0.4 is 24.4 Å². The summed E-state index contributed by atoms with van der Waals surface area (Å²) >= 11 is 6.27. The van der Waals surface area contributed by atoms with Gasteiger partial charge in [-0.05, 0) is 65.7 Å². The number of hydrogen-bond donors (Lipinski definition) is 0. The maximum atomic E-state index is 13.6. The minimum Gasteiger partial charge on any atom is -0.493 e. The van der Waals surface area contributed by atoms with Crippen molar-refractivity contribution in [3.63, 3.8) is 0 Å². The Bertz CT molecular complexity index is 1430. The lowest BCUT2D eigenvalue weighted by Crippen LogP contribution is -2.39. The van der Waals surface area contributed by atoms with Gasteiger partial charge in [0, 0.05) is 4.88 Å². The second-order valence-corrected chi connectivity index (χ2v) is 10.6. The summed E-state index contributed by atoms with van der Waals surface area (Å²) in [5.41, 5.74) is 1.30. The van der Waals surface area contributed by atoms with E-state index in [4.69, 9.17) is 14.2 Å². The molecule has 0 bridgehead atoms. The zero-order valence-electron chi connectivity index (χ0n) is 18.4. The van der Waals surface area contributed by atoms with Crippen molar-refractivity contribution < 1.29 is 19.0 Å². The lowest BCUT2D eigenvalue weighted by Gasteiger charge is -2.25. The Morgan fingerprint density at radius 1 is 1.18 bits per heavy atom. The van der Waals surface area contributed by atoms with Crippen LogP contribution in [0.3, 0.4) is 0 Å². The summed E-state index contributed by atoms with van der Waals surface area (Å²) in [5.74, 6) is 0.545. The molecule has 0 N–H and O–H groups in total. The van der Waals surface area contributed by atoms with Gasteiger partial charge >= 0.3 is 5.97 Å². The molecule has 172 valence electrons. The van der Waals surface area contributed by atoms with E-state index in [9.17, 15) is 9.59 Å². The average Bonchev–Trinajstić information content (AvgIpc) is 3.34. The van der Waals surface area contributed by atoms with Crippen LogP contribution in [0.15, 0.2) is 55.2 Å². The first kappa shape index (κ1) is 23.5. The van der Waals surface area contributed by atoms with Crippen LogP contribution in [0.1, 0.15) is 30.3 Å². The van der Waals surface area contributed by atoms with Crippen LogP contribution >= 0.6 is 38.6 Å². The molecule has 0 spiro atoms. The highest BCUT2D eigenvalue weighted by atomic mass is 79.9. The van der Waals surface area contributed by atoms with Crippen molar-refractivity contribution in [2.24, 2.45) is 4.99 Å². The molecule has 0 fully saturated rings. The molecule has 0 unspecified atom stereocenters. The van der Waals surface area contributed by atoms with E-state index in [2.05, 4.69) is 20.9 Å². The number of esters is 1. The third-order valence-corrected chi connectivity index (χ3v) is 7.66. The topological polar surface area (TPSA) is 79.1 Å². The van der Waals surface area contributed by atoms with E-state index < -0.39 is 12.0 Å². The van der Waals surface area contributed by atoms with Gasteiger partial charge in [-0.1, -0.05) is 17.4 Å². The fraction of sp³-hybridized carbons (Fsp3) is 0.261. The van der Waals surface area contributed by atoms with E-state index in [1.165, 1.54) is 22.7 Å². The second kappa shape index (κ2) is 9.66. The molecule has 0 radical (unpaired) electrons. The average molecular weight is 549 g/mol. The van der Waals surface area contributed by atoms with Crippen LogP contribution in [0.4, 0.5) is 0 Å². The van der Waals surface area contributed by atoms with Gasteiger partial charge in [-0.25, -0.2) is 9.79 Å². The number of carbonyl (C=O) groups excluding carboxylic acids is 1. The molecule has 0 saturated heterocycles. The van der Waals surface area contributed by atoms with Gasteiger partial charge in [0.25, 0.3) is 5.56 Å². The molecule has 2 aromatic heterocycles. The molecule has 7 nitrogen and oxygen atoms in total. The maximum absolute atomic E-state index is 13.6. The van der Waals surface area contributed by atoms with Crippen LogP contribution in [-0.4, -0.2) is 31.4 Å². The van der Waals surface area contributed by atoms with Crippen molar-refractivity contribution in [3.8, 4) is 11.5 Å². The first-order valence-corrected chi connectivity index (χ1v) is 12.5. The van der Waals surface area contributed by atoms with Gasteiger partial charge in [-0.15, -0.1) is 11.3 Å². The summed E-state index contributed by atoms with van der Waals surface area (Å²) in [6.45, 7) is 3.72. The first-order valence-electron chi connectivity index (χ1n) is 10.0. The fourth-order valence-electron chi connectivity index (χ4n) is 3.66. The minimum absolute atomic E-state index is 0.214. The van der Waals surface area contributed by atoms with Crippen LogP contribution in [0.2, 0.25) is 0 Å². The third-order valence-electron chi connectivity index (χ3n) is 5.11. The summed E-state index contributed by atoms with van der Waals surface area (Å²) in [7, 11) is 3.09. The molecule has 1 aliphatic rings. The standard InChI is InChI=1S/C23H21BrN2O5S2/c1-5-31-22(28)19-12(2)25-23-26(20(19)13-6-8-15(29-3)16(10-13)30-4)21(27)17(33-23)11-14-7-9-18(24)32-14/h6-11,20H,5H2,1-4H3/b17-11-/t20-/m0/s1. The summed E-state index contributed by atoms with van der Waals surface area (Å²) in [6.07, 6.45) is 1.84. The van der Waals surface area contributed by atoms with Gasteiger partial charge < -0.3 is 14.2 Å². The summed E-state index contributed by atoms with van der Waals surface area (Å²) in [4.78, 5) is 32.6. The first-order chi connectivity index (χ1) is 15.9. The zero-order chi connectivity index (χ0) is 23.7. The third kappa shape index (κ3) is 4.42. The van der Waals surface area contributed by atoms with E-state index in [0.29, 0.717) is 37.7 Å². The summed E-state index contributed by atoms with van der Waals surface area (Å²) in [6, 6.07) is 8.51. The molecular formula is C23H21BrN2O5S2. The molecular weight excluding hydrogens is 528 g/mol. The maximum Gasteiger partial charge on any atom is 0.338 e. The van der Waals surface area contributed by atoms with Gasteiger partial charge in [0.05, 0.1) is 46.5 Å². The lowest BCUT2D eigenvalue weighted by molar-refractivity contribution is -0.139. The van der Waals surface area contributed by atoms with Crippen molar-refractivity contribution in [2.75, 3.05) is 20.8 Å². The number of thiophene rings is 1. The molecule has 0 saturated carbocycles. The van der Waals surface area contributed by atoms with Crippen LogP contribution in [0.25, 0.3) is 6.08 Å². The van der Waals surface area contributed by atoms with Crippen molar-refractivity contribution >= 4 is 50.6 Å². The quantitative estimate of drug-likeness (QED) is 0.439. The number of halogens is 1. The predicted octanol–water partition coefficient (Wildman–Crippen LogP) is 3.64. The fourth-order valence-corrected chi connectivity index (χ4v) is 6.14. The molecule has 1 aromatic carbocycles. The largest absolute Gasteiger partial charge is 0.493 e. The second-order valence-electron chi connectivity index (χ2n) is 7.06. The smallest absolute Gasteiger partial charge is 0.338 e. The van der Waals surface area contributed by atoms with Gasteiger partial charge in [0.2, 0.25) is 0 Å². The van der Waals surface area contributed by atoms with E-state index in [-0.39, 0.29) is 12.2 Å². The van der Waals surface area contributed by atoms with E-state index in [0.717, 1.165) is 8.66 Å². The highest BCUT2D eigenvalue weighted by Crippen LogP contribution is 2.36. The van der Waals surface area contributed by atoms with Gasteiger partial charge in [0.1, 0.15) is 0 Å². The molecule has 3 aromatic rings. The SMILES string of the molecule is CCOC(=O)C1=C(C)N=c2s/c(=C\c3ccc(Br)s3)c(=O)n2[C@H]1c1ccc(OC)c(OC)c1. The number of rotatable bonds is 6. The zero-order valence-corrected chi connectivity index (χ0v) is 21.6. The number of methoxy groups -OCH3 is 2. The van der Waals surface area contributed by atoms with Gasteiger partial charge in [-0.3, -0.25) is 9.36 Å². The molecule has 3 heterocycles. The Labute approximate surface area is 206 Å². The molecule has 33 heavy (non-hydrogen) atoms. The Morgan fingerprint density at radius 3 is 2.58 bits per heavy atom. The molecule has 0 amide bonds. The van der Waals surface area contributed by atoms with Crippen molar-refractivity contribution in [1.82, 2.24) is 4.57 Å². The normalized spacial score (nSPS) is 15.8. The monoisotopic (exact) mass is 548 g/mol. The number of hydrogen-bond acceptors (Lipinski definition) is 8. The van der Waals surface area contributed by atoms with Crippen LogP contribution in [0.5, 0.6) is 11.5 Å². The Hall–Kier alpha value is -2.69. The number of thiazole rings is 1. The van der Waals surface area contributed by atoms with E-state index in [1.54, 1.807) is 44.8 Å². The number of aromatic nitrogens is 1. The predicted molar refractivity (Wildman–Crippen MR) is 132 cm³/mol. The van der Waals surface area contributed by atoms with Crippen LogP contribution in [0, 0.1) is 0 Å². The minimum atomic E-state index is -0.711. The van der Waals surface area contributed by atoms with Gasteiger partial charge in [0.15, 0.2) is 16.3 Å². The molecule has 4 rings (SSSR count). The summed E-state index contributed by atoms with van der Waals surface area (Å²) in [5, 5.41) is 0. The number of allylic oxidation sites excluding steroid dienone is 1. The van der Waals surface area contributed by atoms with Crippen molar-refractivity contribution in [2.45, 2.75) is 19.9 Å². The number of nitrogens with zero attached hydrogens (tertiary/aromatic N) is 2. The Balaban J connectivity index is 1.97. The van der Waals surface area contributed by atoms with Crippen molar-refractivity contribution in [3.05, 3.63) is 75.5 Å². The highest BCUT2D eigenvalue weighted by Gasteiger charge is 2.33. The number of carbonyl (C=O) groups is 1. The Morgan fingerprint density at radius 2 is 1.94 bits per heavy atom. The number of ether oxygens (including phenoxy) is 3. The van der Waals surface area contributed by atoms with E-state index >= 15 is 0 Å². The van der Waals surface area contributed by atoms with Gasteiger partial charge in [-0.2, -0.15) is 0 Å². The number of benzene rings is 1. The lowest BCUT2D eigenvalue weighted by atomic mass is 9.95. The van der Waals surface area contributed by atoms with Crippen molar-refractivity contribution in [1.29, 1.82) is 0 Å². The summed E-state index contributed by atoms with van der Waals surface area (Å²) < 4.78 is 19.2. The highest BCUT2D eigenvalue weighted by molar-refractivity contribution is 9.11. The number of fused-ring (bicyclic) bond motifs is 1. The Kier molecular flexibility index (Phi) is 6.87.